The highest BCUT2D eigenvalue weighted by molar-refractivity contribution is 5.94. The van der Waals surface area contributed by atoms with Crippen molar-refractivity contribution in [2.24, 2.45) is 0 Å². The number of methoxy groups -OCH3 is 1. The number of para-hydroxylation sites is 2. The zero-order valence-electron chi connectivity index (χ0n) is 16.8. The Labute approximate surface area is 170 Å². The first-order valence-corrected chi connectivity index (χ1v) is 9.68. The maximum Gasteiger partial charge on any atom is 0.260 e. The highest BCUT2D eigenvalue weighted by Crippen LogP contribution is 2.26. The predicted octanol–water partition coefficient (Wildman–Crippen LogP) is 2.46. The fourth-order valence-corrected chi connectivity index (χ4v) is 3.15. The Morgan fingerprint density at radius 3 is 2.03 bits per heavy atom. The molecule has 1 saturated heterocycles. The molecule has 3 rings (SSSR count). The Kier molecular flexibility index (Phi) is 6.94. The average Bonchev–Trinajstić information content (AvgIpc) is 2.78. The Hall–Kier alpha value is -3.22. The van der Waals surface area contributed by atoms with Crippen molar-refractivity contribution >= 4 is 11.8 Å². The van der Waals surface area contributed by atoms with Crippen LogP contribution in [0.25, 0.3) is 0 Å². The molecule has 0 N–H and O–H groups in total. The van der Waals surface area contributed by atoms with E-state index in [9.17, 15) is 9.59 Å². The highest BCUT2D eigenvalue weighted by atomic mass is 16.5. The van der Waals surface area contributed by atoms with E-state index in [0.29, 0.717) is 55.6 Å². The van der Waals surface area contributed by atoms with E-state index in [1.807, 2.05) is 25.1 Å². The summed E-state index contributed by atoms with van der Waals surface area (Å²) in [6.07, 6.45) is 0. The fourth-order valence-electron chi connectivity index (χ4n) is 3.15. The predicted molar refractivity (Wildman–Crippen MR) is 109 cm³/mol. The second-order valence-electron chi connectivity index (χ2n) is 6.57. The van der Waals surface area contributed by atoms with Gasteiger partial charge in [0.15, 0.2) is 18.1 Å². The van der Waals surface area contributed by atoms with Crippen LogP contribution in [0, 0.1) is 0 Å². The van der Waals surface area contributed by atoms with Gasteiger partial charge >= 0.3 is 0 Å². The van der Waals surface area contributed by atoms with Gasteiger partial charge in [0.2, 0.25) is 0 Å². The maximum absolute atomic E-state index is 12.6. The number of hydrogen-bond acceptors (Lipinski definition) is 5. The summed E-state index contributed by atoms with van der Waals surface area (Å²) in [5.74, 6) is 1.74. The van der Waals surface area contributed by atoms with Crippen LogP contribution in [-0.4, -0.2) is 68.1 Å². The minimum Gasteiger partial charge on any atom is -0.497 e. The first-order valence-electron chi connectivity index (χ1n) is 9.68. The van der Waals surface area contributed by atoms with Crippen molar-refractivity contribution in [2.45, 2.75) is 6.92 Å². The molecule has 2 amide bonds. The molecule has 0 aromatic heterocycles. The molecule has 2 aromatic rings. The Morgan fingerprint density at radius 1 is 0.862 bits per heavy atom. The summed E-state index contributed by atoms with van der Waals surface area (Å²) in [6.45, 7) is 4.32. The van der Waals surface area contributed by atoms with Crippen molar-refractivity contribution < 1.29 is 23.8 Å². The molecule has 1 aliphatic heterocycles. The van der Waals surface area contributed by atoms with Crippen LogP contribution in [0.15, 0.2) is 48.5 Å². The van der Waals surface area contributed by atoms with Crippen molar-refractivity contribution in [1.82, 2.24) is 9.80 Å². The van der Waals surface area contributed by atoms with E-state index in [1.54, 1.807) is 47.2 Å². The fraction of sp³-hybridized carbons (Fsp3) is 0.364. The SMILES string of the molecule is CCOc1ccccc1OCC(=O)N1CCN(C(=O)c2ccc(OC)cc2)CC1. The van der Waals surface area contributed by atoms with Gasteiger partial charge in [-0.3, -0.25) is 9.59 Å². The smallest absolute Gasteiger partial charge is 0.260 e. The Balaban J connectivity index is 1.49. The van der Waals surface area contributed by atoms with E-state index in [1.165, 1.54) is 0 Å². The molecule has 29 heavy (non-hydrogen) atoms. The third kappa shape index (κ3) is 5.19. The third-order valence-electron chi connectivity index (χ3n) is 4.76. The number of ether oxygens (including phenoxy) is 3. The molecule has 0 aliphatic carbocycles. The number of carbonyl (C=O) groups excluding carboxylic acids is 2. The van der Waals surface area contributed by atoms with Gasteiger partial charge in [-0.15, -0.1) is 0 Å². The van der Waals surface area contributed by atoms with Gasteiger partial charge in [0, 0.05) is 31.7 Å². The summed E-state index contributed by atoms with van der Waals surface area (Å²) in [5.41, 5.74) is 0.612. The standard InChI is InChI=1S/C22H26N2O5/c1-3-28-19-6-4-5-7-20(19)29-16-21(25)23-12-14-24(15-13-23)22(26)17-8-10-18(27-2)11-9-17/h4-11H,3,12-16H2,1-2H3. The number of amides is 2. The number of rotatable bonds is 7. The quantitative estimate of drug-likeness (QED) is 0.717. The largest absolute Gasteiger partial charge is 0.497 e. The van der Waals surface area contributed by atoms with Gasteiger partial charge in [-0.2, -0.15) is 0 Å². The Bertz CT molecular complexity index is 829. The number of piperazine rings is 1. The number of carbonyl (C=O) groups is 2. The third-order valence-corrected chi connectivity index (χ3v) is 4.76. The second-order valence-corrected chi connectivity index (χ2v) is 6.57. The molecule has 1 heterocycles. The first kappa shape index (κ1) is 20.5. The van der Waals surface area contributed by atoms with Crippen molar-refractivity contribution in [1.29, 1.82) is 0 Å². The van der Waals surface area contributed by atoms with Gasteiger partial charge in [-0.1, -0.05) is 12.1 Å². The van der Waals surface area contributed by atoms with Gasteiger partial charge in [-0.05, 0) is 43.3 Å². The van der Waals surface area contributed by atoms with Crippen LogP contribution in [0.3, 0.4) is 0 Å². The number of nitrogens with zero attached hydrogens (tertiary/aromatic N) is 2. The lowest BCUT2D eigenvalue weighted by molar-refractivity contribution is -0.134. The van der Waals surface area contributed by atoms with E-state index in [-0.39, 0.29) is 18.4 Å². The molecular weight excluding hydrogens is 372 g/mol. The molecule has 2 aromatic carbocycles. The molecule has 0 unspecified atom stereocenters. The molecule has 7 heteroatoms. The molecular formula is C22H26N2O5. The minimum absolute atomic E-state index is 0.0401. The van der Waals surface area contributed by atoms with E-state index in [0.717, 1.165) is 0 Å². The first-order chi connectivity index (χ1) is 14.1. The lowest BCUT2D eigenvalue weighted by Gasteiger charge is -2.34. The summed E-state index contributed by atoms with van der Waals surface area (Å²) in [4.78, 5) is 28.6. The monoisotopic (exact) mass is 398 g/mol. The molecule has 0 atom stereocenters. The van der Waals surface area contributed by atoms with Crippen LogP contribution in [0.2, 0.25) is 0 Å². The molecule has 0 spiro atoms. The minimum atomic E-state index is -0.104. The van der Waals surface area contributed by atoms with Crippen LogP contribution in [0.1, 0.15) is 17.3 Å². The maximum atomic E-state index is 12.6. The van der Waals surface area contributed by atoms with Gasteiger partial charge in [0.1, 0.15) is 5.75 Å². The van der Waals surface area contributed by atoms with Crippen molar-refractivity contribution in [3.05, 3.63) is 54.1 Å². The van der Waals surface area contributed by atoms with Gasteiger partial charge in [-0.25, -0.2) is 0 Å². The molecule has 1 aliphatic rings. The lowest BCUT2D eigenvalue weighted by atomic mass is 10.1. The molecule has 0 bridgehead atoms. The van der Waals surface area contributed by atoms with Crippen LogP contribution in [-0.2, 0) is 4.79 Å². The highest BCUT2D eigenvalue weighted by Gasteiger charge is 2.25. The molecule has 7 nitrogen and oxygen atoms in total. The van der Waals surface area contributed by atoms with Crippen LogP contribution in [0.4, 0.5) is 0 Å². The van der Waals surface area contributed by atoms with E-state index < -0.39 is 0 Å². The second kappa shape index (κ2) is 9.82. The summed E-state index contributed by atoms with van der Waals surface area (Å²) >= 11 is 0. The summed E-state index contributed by atoms with van der Waals surface area (Å²) < 4.78 is 16.3. The normalized spacial score (nSPS) is 13.7. The molecule has 1 fully saturated rings. The van der Waals surface area contributed by atoms with Crippen LogP contribution >= 0.6 is 0 Å². The van der Waals surface area contributed by atoms with E-state index in [4.69, 9.17) is 14.2 Å². The van der Waals surface area contributed by atoms with Crippen LogP contribution < -0.4 is 14.2 Å². The topological polar surface area (TPSA) is 68.3 Å². The van der Waals surface area contributed by atoms with Crippen molar-refractivity contribution in [2.75, 3.05) is 46.5 Å². The summed E-state index contributed by atoms with van der Waals surface area (Å²) in [5, 5.41) is 0. The van der Waals surface area contributed by atoms with Crippen molar-refractivity contribution in [3.63, 3.8) is 0 Å². The zero-order valence-corrected chi connectivity index (χ0v) is 16.8. The molecule has 0 saturated carbocycles. The zero-order chi connectivity index (χ0) is 20.6. The number of benzene rings is 2. The van der Waals surface area contributed by atoms with Gasteiger partial charge in [0.25, 0.3) is 11.8 Å². The van der Waals surface area contributed by atoms with Crippen molar-refractivity contribution in [3.8, 4) is 17.2 Å². The van der Waals surface area contributed by atoms with E-state index in [2.05, 4.69) is 0 Å². The van der Waals surface area contributed by atoms with Crippen LogP contribution in [0.5, 0.6) is 17.2 Å². The van der Waals surface area contributed by atoms with Gasteiger partial charge < -0.3 is 24.0 Å². The Morgan fingerprint density at radius 2 is 1.45 bits per heavy atom. The van der Waals surface area contributed by atoms with Gasteiger partial charge in [0.05, 0.1) is 13.7 Å². The molecule has 154 valence electrons. The summed E-state index contributed by atoms with van der Waals surface area (Å²) in [6, 6.07) is 14.3. The van der Waals surface area contributed by atoms with E-state index >= 15 is 0 Å². The molecule has 0 radical (unpaired) electrons. The summed E-state index contributed by atoms with van der Waals surface area (Å²) in [7, 11) is 1.59. The lowest BCUT2D eigenvalue weighted by Crippen LogP contribution is -2.51. The average molecular weight is 398 g/mol. The number of hydrogen-bond donors (Lipinski definition) is 0.